The lowest BCUT2D eigenvalue weighted by molar-refractivity contribution is -0.193. The third kappa shape index (κ3) is 2.27. The Labute approximate surface area is 112 Å². The normalized spacial score (nSPS) is 31.8. The third-order valence-corrected chi connectivity index (χ3v) is 4.15. The van der Waals surface area contributed by atoms with Crippen molar-refractivity contribution in [3.63, 3.8) is 0 Å². The lowest BCUT2D eigenvalue weighted by Crippen LogP contribution is -2.59. The van der Waals surface area contributed by atoms with Gasteiger partial charge in [0.25, 0.3) is 0 Å². The molecule has 0 aromatic rings. The first-order chi connectivity index (χ1) is 9.18. The van der Waals surface area contributed by atoms with Gasteiger partial charge >= 0.3 is 12.1 Å². The largest absolute Gasteiger partial charge is 0.479 e. The maximum Gasteiger partial charge on any atom is 0.391 e. The first-order valence-electron chi connectivity index (χ1n) is 6.34. The molecule has 0 aromatic carbocycles. The summed E-state index contributed by atoms with van der Waals surface area (Å²) < 4.78 is 37.9. The summed E-state index contributed by atoms with van der Waals surface area (Å²) in [6.45, 7) is 0. The lowest BCUT2D eigenvalue weighted by Gasteiger charge is -2.42. The van der Waals surface area contributed by atoms with Gasteiger partial charge in [0.1, 0.15) is 5.54 Å². The van der Waals surface area contributed by atoms with Crippen molar-refractivity contribution in [1.29, 1.82) is 0 Å². The Bertz CT molecular complexity index is 436. The number of nitrogens with zero attached hydrogens (tertiary/aromatic N) is 1. The first kappa shape index (κ1) is 14.8. The summed E-state index contributed by atoms with van der Waals surface area (Å²) in [5.74, 6) is -4.18. The fourth-order valence-corrected chi connectivity index (χ4v) is 3.01. The van der Waals surface area contributed by atoms with Crippen LogP contribution in [0.1, 0.15) is 38.5 Å². The smallest absolute Gasteiger partial charge is 0.391 e. The van der Waals surface area contributed by atoms with E-state index < -0.39 is 35.4 Å². The molecule has 20 heavy (non-hydrogen) atoms. The van der Waals surface area contributed by atoms with Gasteiger partial charge in [0, 0.05) is 12.8 Å². The number of imide groups is 1. The molecular weight excluding hydrogens is 279 g/mol. The molecule has 1 saturated heterocycles. The van der Waals surface area contributed by atoms with E-state index in [1.165, 1.54) is 0 Å². The molecule has 0 atom stereocenters. The first-order valence-corrected chi connectivity index (χ1v) is 6.34. The highest BCUT2D eigenvalue weighted by molar-refractivity contribution is 6.06. The molecule has 8 heteroatoms. The number of alkyl halides is 3. The van der Waals surface area contributed by atoms with Crippen molar-refractivity contribution in [3.05, 3.63) is 0 Å². The molecule has 2 fully saturated rings. The van der Waals surface area contributed by atoms with E-state index in [0.717, 1.165) is 0 Å². The monoisotopic (exact) mass is 293 g/mol. The van der Waals surface area contributed by atoms with Gasteiger partial charge in [0.15, 0.2) is 0 Å². The van der Waals surface area contributed by atoms with Gasteiger partial charge in [-0.15, -0.1) is 0 Å². The third-order valence-electron chi connectivity index (χ3n) is 4.15. The maximum absolute atomic E-state index is 12.6. The van der Waals surface area contributed by atoms with E-state index in [-0.39, 0.29) is 38.5 Å². The van der Waals surface area contributed by atoms with Crippen molar-refractivity contribution in [2.45, 2.75) is 50.2 Å². The van der Waals surface area contributed by atoms with Crippen LogP contribution in [0.2, 0.25) is 0 Å². The average molecular weight is 293 g/mol. The summed E-state index contributed by atoms with van der Waals surface area (Å²) in [4.78, 5) is 35.5. The van der Waals surface area contributed by atoms with Crippen molar-refractivity contribution in [2.75, 3.05) is 0 Å². The minimum atomic E-state index is -4.37. The molecular formula is C12H14F3NO4. The number of hydrogen-bond acceptors (Lipinski definition) is 3. The predicted molar refractivity (Wildman–Crippen MR) is 59.5 cm³/mol. The van der Waals surface area contributed by atoms with Crippen molar-refractivity contribution in [3.8, 4) is 0 Å². The zero-order valence-corrected chi connectivity index (χ0v) is 10.6. The molecule has 0 radical (unpaired) electrons. The van der Waals surface area contributed by atoms with Crippen LogP contribution in [0.5, 0.6) is 0 Å². The molecule has 1 N–H and O–H groups in total. The Morgan fingerprint density at radius 3 is 1.95 bits per heavy atom. The molecule has 2 amide bonds. The van der Waals surface area contributed by atoms with Crippen LogP contribution in [0, 0.1) is 5.92 Å². The molecule has 0 unspecified atom stereocenters. The Balaban J connectivity index is 2.24. The Kier molecular flexibility index (Phi) is 3.51. The van der Waals surface area contributed by atoms with Crippen LogP contribution in [-0.2, 0) is 14.4 Å². The van der Waals surface area contributed by atoms with Crippen molar-refractivity contribution >= 4 is 17.8 Å². The number of carboxylic acid groups (broad SMARTS) is 1. The predicted octanol–water partition coefficient (Wildman–Crippen LogP) is 1.71. The highest BCUT2D eigenvalue weighted by Gasteiger charge is 2.56. The second kappa shape index (κ2) is 4.75. The van der Waals surface area contributed by atoms with Gasteiger partial charge in [-0.2, -0.15) is 13.2 Å². The molecule has 1 aliphatic heterocycles. The number of rotatable bonds is 2. The molecule has 0 aromatic heterocycles. The van der Waals surface area contributed by atoms with E-state index in [9.17, 15) is 32.7 Å². The van der Waals surface area contributed by atoms with Crippen molar-refractivity contribution in [2.24, 2.45) is 5.92 Å². The summed E-state index contributed by atoms with van der Waals surface area (Å²) in [6, 6.07) is 0. The van der Waals surface area contributed by atoms with E-state index in [4.69, 9.17) is 0 Å². The van der Waals surface area contributed by atoms with E-state index >= 15 is 0 Å². The van der Waals surface area contributed by atoms with E-state index in [0.29, 0.717) is 4.90 Å². The minimum Gasteiger partial charge on any atom is -0.479 e. The summed E-state index contributed by atoms with van der Waals surface area (Å²) >= 11 is 0. The number of carbonyl (C=O) groups is 3. The van der Waals surface area contributed by atoms with Crippen molar-refractivity contribution in [1.82, 2.24) is 4.90 Å². The SMILES string of the molecule is O=C1CCC(=O)N1C1(C(=O)O)CCC(C(F)(F)F)CC1. The molecule has 0 bridgehead atoms. The quantitative estimate of drug-likeness (QED) is 0.786. The van der Waals surface area contributed by atoms with Gasteiger partial charge in [-0.1, -0.05) is 0 Å². The van der Waals surface area contributed by atoms with Gasteiger partial charge in [-0.3, -0.25) is 14.5 Å². The van der Waals surface area contributed by atoms with Crippen LogP contribution in [0.4, 0.5) is 13.2 Å². The van der Waals surface area contributed by atoms with Crippen molar-refractivity contribution < 1.29 is 32.7 Å². The molecule has 2 aliphatic rings. The van der Waals surface area contributed by atoms with E-state index in [2.05, 4.69) is 0 Å². The van der Waals surface area contributed by atoms with Crippen LogP contribution in [0.3, 0.4) is 0 Å². The van der Waals surface area contributed by atoms with E-state index in [1.807, 2.05) is 0 Å². The number of hydrogen-bond donors (Lipinski definition) is 1. The Hall–Kier alpha value is -1.60. The molecule has 0 spiro atoms. The van der Waals surface area contributed by atoms with Crippen LogP contribution < -0.4 is 0 Å². The van der Waals surface area contributed by atoms with Crippen LogP contribution in [0.25, 0.3) is 0 Å². The number of carbonyl (C=O) groups excluding carboxylic acids is 2. The average Bonchev–Trinajstić information content (AvgIpc) is 2.68. The number of carboxylic acids is 1. The second-order valence-corrected chi connectivity index (χ2v) is 5.28. The minimum absolute atomic E-state index is 0.0729. The van der Waals surface area contributed by atoms with Gasteiger partial charge in [-0.05, 0) is 25.7 Å². The number of likely N-dealkylation sites (tertiary alicyclic amines) is 1. The Morgan fingerprint density at radius 2 is 1.60 bits per heavy atom. The summed E-state index contributed by atoms with van der Waals surface area (Å²) in [7, 11) is 0. The Morgan fingerprint density at radius 1 is 1.15 bits per heavy atom. The zero-order valence-electron chi connectivity index (χ0n) is 10.6. The van der Waals surface area contributed by atoms with Gasteiger partial charge in [0.2, 0.25) is 11.8 Å². The fraction of sp³-hybridized carbons (Fsp3) is 0.750. The summed E-state index contributed by atoms with van der Waals surface area (Å²) in [5.41, 5.74) is -1.80. The van der Waals surface area contributed by atoms with Crippen LogP contribution in [-0.4, -0.2) is 39.5 Å². The number of amides is 2. The number of halogens is 3. The molecule has 1 aliphatic carbocycles. The highest BCUT2D eigenvalue weighted by Crippen LogP contribution is 2.44. The van der Waals surface area contributed by atoms with Gasteiger partial charge in [0.05, 0.1) is 5.92 Å². The molecule has 112 valence electrons. The molecule has 1 heterocycles. The van der Waals surface area contributed by atoms with E-state index in [1.54, 1.807) is 0 Å². The number of aliphatic carboxylic acids is 1. The van der Waals surface area contributed by atoms with Crippen LogP contribution >= 0.6 is 0 Å². The fourth-order valence-electron chi connectivity index (χ4n) is 3.01. The topological polar surface area (TPSA) is 74.7 Å². The highest BCUT2D eigenvalue weighted by atomic mass is 19.4. The molecule has 1 saturated carbocycles. The van der Waals surface area contributed by atoms with Gasteiger partial charge in [-0.25, -0.2) is 4.79 Å². The zero-order chi connectivity index (χ0) is 15.1. The summed E-state index contributed by atoms with van der Waals surface area (Å²) in [5, 5.41) is 9.35. The lowest BCUT2D eigenvalue weighted by atomic mass is 9.75. The summed E-state index contributed by atoms with van der Waals surface area (Å²) in [6.07, 6.45) is -5.97. The molecule has 2 rings (SSSR count). The van der Waals surface area contributed by atoms with Gasteiger partial charge < -0.3 is 5.11 Å². The molecule has 5 nitrogen and oxygen atoms in total. The standard InChI is InChI=1S/C12H14F3NO4/c13-12(14,15)7-3-5-11(6-4-7,10(19)20)16-8(17)1-2-9(16)18/h7H,1-6H2,(H,19,20). The second-order valence-electron chi connectivity index (χ2n) is 5.28. The van der Waals surface area contributed by atoms with Crippen LogP contribution in [0.15, 0.2) is 0 Å². The maximum atomic E-state index is 12.6.